The average Bonchev–Trinajstić information content (AvgIpc) is 3.64. The molecule has 0 saturated heterocycles. The molecular formula is C26H24N4O4S. The number of nitrogens with zero attached hydrogens (tertiary/aromatic N) is 3. The topological polar surface area (TPSA) is 96.5 Å². The Morgan fingerprint density at radius 2 is 1.94 bits per heavy atom. The molecule has 2 atom stereocenters. The minimum atomic E-state index is -0.585. The first kappa shape index (κ1) is 22.9. The number of thioether (sulfide) groups is 1. The molecular weight excluding hydrogens is 464 g/mol. The summed E-state index contributed by atoms with van der Waals surface area (Å²) in [7, 11) is 1.63. The lowest BCUT2D eigenvalue weighted by atomic mass is 10.0. The first-order chi connectivity index (χ1) is 17.1. The van der Waals surface area contributed by atoms with Crippen molar-refractivity contribution in [3.05, 3.63) is 89.9 Å². The van der Waals surface area contributed by atoms with E-state index in [0.717, 1.165) is 28.3 Å². The van der Waals surface area contributed by atoms with Crippen molar-refractivity contribution in [1.82, 2.24) is 10.3 Å². The van der Waals surface area contributed by atoms with Gasteiger partial charge >= 0.3 is 0 Å². The molecule has 8 nitrogen and oxygen atoms in total. The molecule has 0 spiro atoms. The summed E-state index contributed by atoms with van der Waals surface area (Å²) in [5.41, 5.74) is 2.81. The standard InChI is InChI=1S/C26H24N4O4S/c1-33-19-11-9-18(10-12-19)20-14-21(22-8-5-13-34-22)30(29-20)26-28-25(32)23(35-26)15-24(31)27-16-17-6-3-2-4-7-17/h2-13,21,23H,14-16H2,1H3,(H,27,31)/t21-,23+/m0/s1. The number of amidine groups is 1. The van der Waals surface area contributed by atoms with E-state index in [-0.39, 0.29) is 24.3 Å². The van der Waals surface area contributed by atoms with Crippen molar-refractivity contribution in [3.63, 3.8) is 0 Å². The summed E-state index contributed by atoms with van der Waals surface area (Å²) < 4.78 is 10.9. The fraction of sp³-hybridized carbons (Fsp3) is 0.231. The van der Waals surface area contributed by atoms with Crippen LogP contribution in [0.15, 0.2) is 87.5 Å². The van der Waals surface area contributed by atoms with Crippen LogP contribution in [0.25, 0.3) is 0 Å². The number of amides is 2. The number of carbonyl (C=O) groups excluding carboxylic acids is 2. The highest BCUT2D eigenvalue weighted by molar-refractivity contribution is 8.15. The van der Waals surface area contributed by atoms with Gasteiger partial charge in [-0.25, -0.2) is 5.01 Å². The summed E-state index contributed by atoms with van der Waals surface area (Å²) in [6.07, 6.45) is 2.26. The van der Waals surface area contributed by atoms with E-state index in [1.807, 2.05) is 66.7 Å². The maximum atomic E-state index is 12.7. The van der Waals surface area contributed by atoms with Crippen molar-refractivity contribution in [3.8, 4) is 5.75 Å². The lowest BCUT2D eigenvalue weighted by Crippen LogP contribution is -2.28. The van der Waals surface area contributed by atoms with Crippen LogP contribution in [-0.2, 0) is 16.1 Å². The summed E-state index contributed by atoms with van der Waals surface area (Å²) in [5.74, 6) is 0.979. The van der Waals surface area contributed by atoms with Gasteiger partial charge in [0.1, 0.15) is 22.8 Å². The summed E-state index contributed by atoms with van der Waals surface area (Å²) in [4.78, 5) is 29.4. The SMILES string of the molecule is COc1ccc(C2=NN(C3=NC(=O)[C@@H](CC(=O)NCc4ccccc4)S3)[C@H](c3ccco3)C2)cc1. The van der Waals surface area contributed by atoms with Gasteiger partial charge in [0.25, 0.3) is 5.91 Å². The highest BCUT2D eigenvalue weighted by atomic mass is 32.2. The highest BCUT2D eigenvalue weighted by Gasteiger charge is 2.40. The van der Waals surface area contributed by atoms with E-state index in [9.17, 15) is 9.59 Å². The van der Waals surface area contributed by atoms with E-state index in [1.54, 1.807) is 18.4 Å². The summed E-state index contributed by atoms with van der Waals surface area (Å²) in [6, 6.07) is 20.8. The number of hydrogen-bond acceptors (Lipinski definition) is 7. The maximum Gasteiger partial charge on any atom is 0.262 e. The van der Waals surface area contributed by atoms with Crippen LogP contribution in [0, 0.1) is 0 Å². The fourth-order valence-electron chi connectivity index (χ4n) is 3.99. The zero-order valence-corrected chi connectivity index (χ0v) is 19.9. The quantitative estimate of drug-likeness (QED) is 0.537. The third-order valence-corrected chi connectivity index (χ3v) is 6.98. The van der Waals surface area contributed by atoms with Crippen LogP contribution in [0.4, 0.5) is 0 Å². The van der Waals surface area contributed by atoms with Crippen LogP contribution in [0.5, 0.6) is 5.75 Å². The molecule has 178 valence electrons. The molecule has 2 aliphatic rings. The predicted octanol–water partition coefficient (Wildman–Crippen LogP) is 4.14. The van der Waals surface area contributed by atoms with Gasteiger partial charge in [0, 0.05) is 19.4 Å². The molecule has 35 heavy (non-hydrogen) atoms. The maximum absolute atomic E-state index is 12.7. The Hall–Kier alpha value is -3.85. The molecule has 0 fully saturated rings. The first-order valence-electron chi connectivity index (χ1n) is 11.2. The molecule has 1 aromatic heterocycles. The normalized spacial score (nSPS) is 19.5. The minimum absolute atomic E-state index is 0.0532. The highest BCUT2D eigenvalue weighted by Crippen LogP contribution is 2.38. The third-order valence-electron chi connectivity index (χ3n) is 5.83. The molecule has 2 aliphatic heterocycles. The minimum Gasteiger partial charge on any atom is -0.497 e. The molecule has 1 N–H and O–H groups in total. The molecule has 0 aliphatic carbocycles. The summed E-state index contributed by atoms with van der Waals surface area (Å²) >= 11 is 1.27. The van der Waals surface area contributed by atoms with Gasteiger partial charge in [-0.1, -0.05) is 42.1 Å². The number of ether oxygens (including phenoxy) is 1. The zero-order valence-electron chi connectivity index (χ0n) is 19.1. The van der Waals surface area contributed by atoms with E-state index >= 15 is 0 Å². The van der Waals surface area contributed by atoms with Gasteiger partial charge in [-0.3, -0.25) is 9.59 Å². The van der Waals surface area contributed by atoms with E-state index < -0.39 is 5.25 Å². The smallest absolute Gasteiger partial charge is 0.262 e. The molecule has 0 bridgehead atoms. The number of nitrogens with one attached hydrogen (secondary N) is 1. The van der Waals surface area contributed by atoms with Crippen LogP contribution in [0.3, 0.4) is 0 Å². The van der Waals surface area contributed by atoms with Gasteiger partial charge in [-0.2, -0.15) is 10.1 Å². The summed E-state index contributed by atoms with van der Waals surface area (Å²) in [6.45, 7) is 0.418. The molecule has 3 aromatic rings. The summed E-state index contributed by atoms with van der Waals surface area (Å²) in [5, 5.41) is 9.31. The lowest BCUT2D eigenvalue weighted by Gasteiger charge is -2.20. The Morgan fingerprint density at radius 3 is 2.66 bits per heavy atom. The Labute approximate surface area is 207 Å². The van der Waals surface area contributed by atoms with Crippen molar-refractivity contribution >= 4 is 34.5 Å². The second-order valence-electron chi connectivity index (χ2n) is 8.16. The van der Waals surface area contributed by atoms with Crippen LogP contribution in [-0.4, -0.2) is 40.1 Å². The van der Waals surface area contributed by atoms with E-state index in [1.165, 1.54) is 11.8 Å². The van der Waals surface area contributed by atoms with Crippen molar-refractivity contribution < 1.29 is 18.7 Å². The van der Waals surface area contributed by atoms with Crippen LogP contribution < -0.4 is 10.1 Å². The van der Waals surface area contributed by atoms with Crippen LogP contribution in [0.2, 0.25) is 0 Å². The first-order valence-corrected chi connectivity index (χ1v) is 12.1. The van der Waals surface area contributed by atoms with E-state index in [0.29, 0.717) is 18.1 Å². The largest absolute Gasteiger partial charge is 0.497 e. The molecule has 5 rings (SSSR count). The Kier molecular flexibility index (Phi) is 6.67. The molecule has 0 unspecified atom stereocenters. The monoisotopic (exact) mass is 488 g/mol. The number of methoxy groups -OCH3 is 1. The second-order valence-corrected chi connectivity index (χ2v) is 9.33. The van der Waals surface area contributed by atoms with Crippen molar-refractivity contribution in [2.24, 2.45) is 10.1 Å². The Morgan fingerprint density at radius 1 is 1.14 bits per heavy atom. The predicted molar refractivity (Wildman–Crippen MR) is 134 cm³/mol. The number of rotatable bonds is 7. The number of aliphatic imine (C=N–C) groups is 1. The number of hydrazone groups is 1. The van der Waals surface area contributed by atoms with Crippen molar-refractivity contribution in [1.29, 1.82) is 0 Å². The van der Waals surface area contributed by atoms with Gasteiger partial charge in [0.05, 0.1) is 19.1 Å². The van der Waals surface area contributed by atoms with Crippen LogP contribution in [0.1, 0.15) is 35.8 Å². The fourth-order valence-corrected chi connectivity index (χ4v) is 5.05. The van der Waals surface area contributed by atoms with E-state index in [4.69, 9.17) is 14.3 Å². The molecule has 2 aromatic carbocycles. The van der Waals surface area contributed by atoms with Gasteiger partial charge < -0.3 is 14.5 Å². The lowest BCUT2D eigenvalue weighted by molar-refractivity contribution is -0.124. The molecule has 0 saturated carbocycles. The number of benzene rings is 2. The number of hydrogen-bond donors (Lipinski definition) is 1. The number of furan rings is 1. The van der Waals surface area contributed by atoms with Gasteiger partial charge in [0.2, 0.25) is 5.91 Å². The Balaban J connectivity index is 1.29. The second kappa shape index (κ2) is 10.2. The van der Waals surface area contributed by atoms with Gasteiger partial charge in [0.15, 0.2) is 5.17 Å². The molecule has 0 radical (unpaired) electrons. The molecule has 3 heterocycles. The van der Waals surface area contributed by atoms with Crippen molar-refractivity contribution in [2.75, 3.05) is 7.11 Å². The van der Waals surface area contributed by atoms with Gasteiger partial charge in [-0.05, 0) is 47.5 Å². The molecule has 2 amide bonds. The third kappa shape index (κ3) is 5.14. The zero-order chi connectivity index (χ0) is 24.2. The Bertz CT molecular complexity index is 1260. The average molecular weight is 489 g/mol. The van der Waals surface area contributed by atoms with Crippen LogP contribution >= 0.6 is 11.8 Å². The van der Waals surface area contributed by atoms with Gasteiger partial charge in [-0.15, -0.1) is 0 Å². The van der Waals surface area contributed by atoms with Crippen molar-refractivity contribution in [2.45, 2.75) is 30.7 Å². The van der Waals surface area contributed by atoms with E-state index in [2.05, 4.69) is 10.3 Å². The molecule has 9 heteroatoms. The number of carbonyl (C=O) groups is 2.